The highest BCUT2D eigenvalue weighted by atomic mass is 79.9. The third-order valence-electron chi connectivity index (χ3n) is 2.05. The number of hydrogen-bond donors (Lipinski definition) is 1. The van der Waals surface area contributed by atoms with E-state index in [0.717, 1.165) is 6.07 Å². The third-order valence-corrected chi connectivity index (χ3v) is 2.88. The van der Waals surface area contributed by atoms with Gasteiger partial charge in [0.2, 0.25) is 0 Å². The van der Waals surface area contributed by atoms with Gasteiger partial charge in [-0.25, -0.2) is 8.78 Å². The summed E-state index contributed by atoms with van der Waals surface area (Å²) in [5.74, 6) is -2.27. The third kappa shape index (κ3) is 3.74. The second-order valence-corrected chi connectivity index (χ2v) is 4.11. The molecular weight excluding hydrogens is 298 g/mol. The standard InChI is InChI=1S/C11H11BrF2O3/c1-2-17-10(16)5-9(15)7-3-6(13)4-8(14)11(7)12/h3-4,9,15H,2,5H2,1H3. The molecular formula is C11H11BrF2O3. The van der Waals surface area contributed by atoms with Gasteiger partial charge < -0.3 is 9.84 Å². The fraction of sp³-hybridized carbons (Fsp3) is 0.364. The van der Waals surface area contributed by atoms with E-state index in [1.807, 2.05) is 0 Å². The Kier molecular flexibility index (Phi) is 5.02. The number of esters is 1. The van der Waals surface area contributed by atoms with E-state index in [-0.39, 0.29) is 23.1 Å². The first-order chi connectivity index (χ1) is 7.95. The van der Waals surface area contributed by atoms with E-state index in [2.05, 4.69) is 20.7 Å². The summed E-state index contributed by atoms with van der Waals surface area (Å²) >= 11 is 2.89. The van der Waals surface area contributed by atoms with Crippen molar-refractivity contribution in [1.82, 2.24) is 0 Å². The van der Waals surface area contributed by atoms with Crippen LogP contribution in [0.2, 0.25) is 0 Å². The lowest BCUT2D eigenvalue weighted by atomic mass is 10.1. The van der Waals surface area contributed by atoms with Crippen molar-refractivity contribution in [3.63, 3.8) is 0 Å². The minimum absolute atomic E-state index is 0.0180. The van der Waals surface area contributed by atoms with Crippen molar-refractivity contribution < 1.29 is 23.4 Å². The normalized spacial score (nSPS) is 12.3. The maximum Gasteiger partial charge on any atom is 0.308 e. The van der Waals surface area contributed by atoms with Crippen LogP contribution in [0.5, 0.6) is 0 Å². The van der Waals surface area contributed by atoms with E-state index in [0.29, 0.717) is 6.07 Å². The predicted octanol–water partition coefficient (Wildman–Crippen LogP) is 2.71. The molecule has 17 heavy (non-hydrogen) atoms. The van der Waals surface area contributed by atoms with Gasteiger partial charge in [-0.2, -0.15) is 0 Å². The number of benzene rings is 1. The van der Waals surface area contributed by atoms with E-state index in [1.54, 1.807) is 6.92 Å². The number of carbonyl (C=O) groups excluding carboxylic acids is 1. The lowest BCUT2D eigenvalue weighted by molar-refractivity contribution is -0.145. The molecule has 0 spiro atoms. The summed E-state index contributed by atoms with van der Waals surface area (Å²) < 4.78 is 30.7. The summed E-state index contributed by atoms with van der Waals surface area (Å²) in [5, 5.41) is 9.68. The first-order valence-corrected chi connectivity index (χ1v) is 5.73. The molecule has 0 aliphatic rings. The van der Waals surface area contributed by atoms with E-state index < -0.39 is 23.7 Å². The van der Waals surface area contributed by atoms with Gasteiger partial charge in [-0.1, -0.05) is 0 Å². The maximum absolute atomic E-state index is 13.2. The molecule has 1 N–H and O–H groups in total. The molecule has 1 unspecified atom stereocenters. The Morgan fingerprint density at radius 2 is 2.18 bits per heavy atom. The van der Waals surface area contributed by atoms with Crippen molar-refractivity contribution in [2.45, 2.75) is 19.4 Å². The number of aliphatic hydroxyl groups is 1. The summed E-state index contributed by atoms with van der Waals surface area (Å²) in [5.41, 5.74) is -0.0180. The maximum atomic E-state index is 13.2. The van der Waals surface area contributed by atoms with Crippen LogP contribution >= 0.6 is 15.9 Å². The van der Waals surface area contributed by atoms with E-state index in [9.17, 15) is 18.7 Å². The predicted molar refractivity (Wildman–Crippen MR) is 60.3 cm³/mol. The van der Waals surface area contributed by atoms with Gasteiger partial charge >= 0.3 is 5.97 Å². The first kappa shape index (κ1) is 14.1. The lowest BCUT2D eigenvalue weighted by Crippen LogP contribution is -2.11. The molecule has 0 aliphatic heterocycles. The Hall–Kier alpha value is -1.01. The molecule has 3 nitrogen and oxygen atoms in total. The fourth-order valence-electron chi connectivity index (χ4n) is 1.31. The number of aliphatic hydroxyl groups excluding tert-OH is 1. The molecule has 6 heteroatoms. The SMILES string of the molecule is CCOC(=O)CC(O)c1cc(F)cc(F)c1Br. The molecule has 1 aromatic rings. The quantitative estimate of drug-likeness (QED) is 0.687. The van der Waals surface area contributed by atoms with E-state index in [1.165, 1.54) is 0 Å². The lowest BCUT2D eigenvalue weighted by Gasteiger charge is -2.12. The Morgan fingerprint density at radius 3 is 2.76 bits per heavy atom. The summed E-state index contributed by atoms with van der Waals surface area (Å²) in [6.07, 6.45) is -1.66. The van der Waals surface area contributed by atoms with Gasteiger partial charge in [0.15, 0.2) is 0 Å². The van der Waals surface area contributed by atoms with Crippen LogP contribution in [-0.4, -0.2) is 17.7 Å². The van der Waals surface area contributed by atoms with Crippen molar-refractivity contribution in [2.75, 3.05) is 6.61 Å². The van der Waals surface area contributed by atoms with Crippen LogP contribution in [0.3, 0.4) is 0 Å². The first-order valence-electron chi connectivity index (χ1n) is 4.93. The molecule has 0 aliphatic carbocycles. The number of halogens is 3. The highest BCUT2D eigenvalue weighted by Crippen LogP contribution is 2.29. The molecule has 0 radical (unpaired) electrons. The van der Waals surface area contributed by atoms with Crippen LogP contribution in [-0.2, 0) is 9.53 Å². The Labute approximate surface area is 106 Å². The number of ether oxygens (including phenoxy) is 1. The zero-order chi connectivity index (χ0) is 13.0. The monoisotopic (exact) mass is 308 g/mol. The van der Waals surface area contributed by atoms with Crippen LogP contribution in [0.1, 0.15) is 25.0 Å². The molecule has 0 saturated carbocycles. The minimum atomic E-state index is -1.31. The van der Waals surface area contributed by atoms with Crippen molar-refractivity contribution in [2.24, 2.45) is 0 Å². The van der Waals surface area contributed by atoms with Crippen LogP contribution < -0.4 is 0 Å². The van der Waals surface area contributed by atoms with Crippen LogP contribution in [0.25, 0.3) is 0 Å². The molecule has 0 saturated heterocycles. The van der Waals surface area contributed by atoms with Gasteiger partial charge in [-0.05, 0) is 28.9 Å². The summed E-state index contributed by atoms with van der Waals surface area (Å²) in [6, 6.07) is 1.65. The van der Waals surface area contributed by atoms with Gasteiger partial charge in [0.1, 0.15) is 11.6 Å². The Bertz CT molecular complexity index is 423. The second kappa shape index (κ2) is 6.07. The minimum Gasteiger partial charge on any atom is -0.466 e. The van der Waals surface area contributed by atoms with Crippen molar-refractivity contribution >= 4 is 21.9 Å². The molecule has 0 bridgehead atoms. The molecule has 0 amide bonds. The Morgan fingerprint density at radius 1 is 1.53 bits per heavy atom. The topological polar surface area (TPSA) is 46.5 Å². The molecule has 0 fully saturated rings. The number of rotatable bonds is 4. The smallest absolute Gasteiger partial charge is 0.308 e. The molecule has 0 heterocycles. The largest absolute Gasteiger partial charge is 0.466 e. The van der Waals surface area contributed by atoms with Crippen molar-refractivity contribution in [3.8, 4) is 0 Å². The zero-order valence-electron chi connectivity index (χ0n) is 9.04. The van der Waals surface area contributed by atoms with Crippen LogP contribution in [0.15, 0.2) is 16.6 Å². The second-order valence-electron chi connectivity index (χ2n) is 3.32. The molecule has 0 aromatic heterocycles. The van der Waals surface area contributed by atoms with Gasteiger partial charge in [-0.3, -0.25) is 4.79 Å². The van der Waals surface area contributed by atoms with E-state index in [4.69, 9.17) is 0 Å². The molecule has 1 rings (SSSR count). The van der Waals surface area contributed by atoms with Gasteiger partial charge in [0.05, 0.1) is 23.6 Å². The highest BCUT2D eigenvalue weighted by molar-refractivity contribution is 9.10. The Balaban J connectivity index is 2.88. The highest BCUT2D eigenvalue weighted by Gasteiger charge is 2.19. The summed E-state index contributed by atoms with van der Waals surface area (Å²) in [7, 11) is 0. The summed E-state index contributed by atoms with van der Waals surface area (Å²) in [6.45, 7) is 1.81. The van der Waals surface area contributed by atoms with Gasteiger partial charge in [-0.15, -0.1) is 0 Å². The van der Waals surface area contributed by atoms with Crippen molar-refractivity contribution in [1.29, 1.82) is 0 Å². The summed E-state index contributed by atoms with van der Waals surface area (Å²) in [4.78, 5) is 11.1. The molecule has 1 atom stereocenters. The average molecular weight is 309 g/mol. The molecule has 94 valence electrons. The average Bonchev–Trinajstić information content (AvgIpc) is 2.23. The number of hydrogen-bond acceptors (Lipinski definition) is 3. The van der Waals surface area contributed by atoms with Crippen molar-refractivity contribution in [3.05, 3.63) is 33.8 Å². The number of carbonyl (C=O) groups is 1. The van der Waals surface area contributed by atoms with Gasteiger partial charge in [0.25, 0.3) is 0 Å². The van der Waals surface area contributed by atoms with Crippen LogP contribution in [0, 0.1) is 11.6 Å². The van der Waals surface area contributed by atoms with Gasteiger partial charge in [0, 0.05) is 11.6 Å². The van der Waals surface area contributed by atoms with Crippen LogP contribution in [0.4, 0.5) is 8.78 Å². The van der Waals surface area contributed by atoms with E-state index >= 15 is 0 Å². The molecule has 1 aromatic carbocycles. The fourth-order valence-corrected chi connectivity index (χ4v) is 1.80. The zero-order valence-corrected chi connectivity index (χ0v) is 10.6.